The molecule has 2 aromatic rings. The lowest BCUT2D eigenvalue weighted by Crippen LogP contribution is -2.48. The summed E-state index contributed by atoms with van der Waals surface area (Å²) in [5, 5.41) is 3.01. The summed E-state index contributed by atoms with van der Waals surface area (Å²) in [7, 11) is 0. The molecule has 0 spiro atoms. The first-order valence-electron chi connectivity index (χ1n) is 8.07. The Hall–Kier alpha value is -3.10. The second-order valence-corrected chi connectivity index (χ2v) is 5.65. The maximum absolute atomic E-state index is 12.6. The first-order valence-corrected chi connectivity index (χ1v) is 8.07. The molecule has 9 heteroatoms. The van der Waals surface area contributed by atoms with Gasteiger partial charge >= 0.3 is 0 Å². The van der Waals surface area contributed by atoms with Crippen LogP contribution in [0.25, 0.3) is 0 Å². The average molecular weight is 360 g/mol. The first kappa shape index (κ1) is 17.7. The van der Waals surface area contributed by atoms with Crippen molar-refractivity contribution in [1.29, 1.82) is 0 Å². The fourth-order valence-electron chi connectivity index (χ4n) is 2.65. The number of nitrogens with one attached hydrogen (secondary N) is 1. The van der Waals surface area contributed by atoms with Crippen molar-refractivity contribution in [3.8, 4) is 0 Å². The Morgan fingerprint density at radius 2 is 1.88 bits per heavy atom. The van der Waals surface area contributed by atoms with Crippen LogP contribution in [0.1, 0.15) is 12.0 Å². The van der Waals surface area contributed by atoms with E-state index in [2.05, 4.69) is 26.8 Å². The van der Waals surface area contributed by atoms with E-state index >= 15 is 0 Å². The highest BCUT2D eigenvalue weighted by atomic mass is 19.3. The van der Waals surface area contributed by atoms with Gasteiger partial charge in [0.2, 0.25) is 5.91 Å². The molecule has 1 fully saturated rings. The van der Waals surface area contributed by atoms with E-state index < -0.39 is 6.43 Å². The molecule has 3 heterocycles. The van der Waals surface area contributed by atoms with Gasteiger partial charge in [-0.1, -0.05) is 6.58 Å². The Morgan fingerprint density at radius 3 is 2.50 bits per heavy atom. The summed E-state index contributed by atoms with van der Waals surface area (Å²) < 4.78 is 25.2. The fourth-order valence-corrected chi connectivity index (χ4v) is 2.65. The minimum Gasteiger partial charge on any atom is -0.350 e. The summed E-state index contributed by atoms with van der Waals surface area (Å²) in [6.07, 6.45) is 2.99. The number of carbonyl (C=O) groups excluding carboxylic acids is 1. The zero-order chi connectivity index (χ0) is 18.5. The predicted octanol–water partition coefficient (Wildman–Crippen LogP) is 2.39. The Bertz CT molecular complexity index is 775. The van der Waals surface area contributed by atoms with Gasteiger partial charge in [0.25, 0.3) is 6.43 Å². The third-order valence-electron chi connectivity index (χ3n) is 4.03. The van der Waals surface area contributed by atoms with E-state index in [1.165, 1.54) is 24.4 Å². The molecule has 0 bridgehead atoms. The molecule has 26 heavy (non-hydrogen) atoms. The van der Waals surface area contributed by atoms with Gasteiger partial charge in [-0.25, -0.2) is 23.7 Å². The highest BCUT2D eigenvalue weighted by Gasteiger charge is 2.22. The Kier molecular flexibility index (Phi) is 5.35. The normalized spacial score (nSPS) is 14.4. The first-order chi connectivity index (χ1) is 12.6. The molecule has 0 unspecified atom stereocenters. The van der Waals surface area contributed by atoms with Crippen molar-refractivity contribution in [2.75, 3.05) is 36.4 Å². The van der Waals surface area contributed by atoms with Crippen molar-refractivity contribution < 1.29 is 13.6 Å². The topological polar surface area (TPSA) is 74.2 Å². The van der Waals surface area contributed by atoms with E-state index in [0.717, 1.165) is 6.20 Å². The van der Waals surface area contributed by atoms with Crippen LogP contribution in [0.2, 0.25) is 0 Å². The number of hydrogen-bond acceptors (Lipinski definition) is 6. The van der Waals surface area contributed by atoms with E-state index in [0.29, 0.717) is 43.6 Å². The number of anilines is 3. The number of carbonyl (C=O) groups is 1. The lowest BCUT2D eigenvalue weighted by Gasteiger charge is -2.35. The summed E-state index contributed by atoms with van der Waals surface area (Å²) >= 11 is 0. The summed E-state index contributed by atoms with van der Waals surface area (Å²) in [4.78, 5) is 28.0. The number of piperazine rings is 1. The molecule has 0 aromatic carbocycles. The van der Waals surface area contributed by atoms with Crippen LogP contribution < -0.4 is 10.2 Å². The van der Waals surface area contributed by atoms with Gasteiger partial charge < -0.3 is 15.1 Å². The molecule has 1 N–H and O–H groups in total. The van der Waals surface area contributed by atoms with Crippen LogP contribution in [0.4, 0.5) is 26.2 Å². The second kappa shape index (κ2) is 7.85. The molecule has 2 aromatic heterocycles. The summed E-state index contributed by atoms with van der Waals surface area (Å²) in [6, 6.07) is 2.79. The van der Waals surface area contributed by atoms with Crippen molar-refractivity contribution in [2.45, 2.75) is 6.43 Å². The Morgan fingerprint density at radius 1 is 1.15 bits per heavy atom. The number of aromatic nitrogens is 3. The van der Waals surface area contributed by atoms with Crippen LogP contribution in [0.5, 0.6) is 0 Å². The van der Waals surface area contributed by atoms with Crippen LogP contribution in [0.3, 0.4) is 0 Å². The third kappa shape index (κ3) is 3.93. The zero-order valence-corrected chi connectivity index (χ0v) is 14.0. The quantitative estimate of drug-likeness (QED) is 0.826. The van der Waals surface area contributed by atoms with Gasteiger partial charge in [0.15, 0.2) is 11.6 Å². The average Bonchev–Trinajstić information content (AvgIpc) is 2.68. The van der Waals surface area contributed by atoms with Crippen LogP contribution >= 0.6 is 0 Å². The number of alkyl halides is 2. The van der Waals surface area contributed by atoms with Gasteiger partial charge in [-0.2, -0.15) is 0 Å². The second-order valence-electron chi connectivity index (χ2n) is 5.65. The van der Waals surface area contributed by atoms with Crippen LogP contribution in [-0.2, 0) is 4.79 Å². The van der Waals surface area contributed by atoms with Gasteiger partial charge in [0.1, 0.15) is 5.82 Å². The SMILES string of the molecule is C=CC(=O)N1CCN(c2nccnc2Nc2ccc(C(F)F)cn2)CC1. The molecule has 136 valence electrons. The molecule has 3 rings (SSSR count). The minimum absolute atomic E-state index is 0.0922. The minimum atomic E-state index is -2.56. The number of rotatable bonds is 5. The smallest absolute Gasteiger partial charge is 0.265 e. The van der Waals surface area contributed by atoms with Crippen LogP contribution in [0.15, 0.2) is 43.4 Å². The maximum Gasteiger partial charge on any atom is 0.265 e. The van der Waals surface area contributed by atoms with Gasteiger partial charge in [-0.05, 0) is 18.2 Å². The molecule has 0 aliphatic carbocycles. The van der Waals surface area contributed by atoms with Crippen molar-refractivity contribution in [3.63, 3.8) is 0 Å². The fraction of sp³-hybridized carbons (Fsp3) is 0.294. The van der Waals surface area contributed by atoms with Crippen molar-refractivity contribution in [3.05, 3.63) is 48.9 Å². The van der Waals surface area contributed by atoms with E-state index in [4.69, 9.17) is 0 Å². The molecule has 7 nitrogen and oxygen atoms in total. The van der Waals surface area contributed by atoms with Crippen molar-refractivity contribution in [1.82, 2.24) is 19.9 Å². The van der Waals surface area contributed by atoms with E-state index in [1.54, 1.807) is 11.1 Å². The van der Waals surface area contributed by atoms with E-state index in [9.17, 15) is 13.6 Å². The van der Waals surface area contributed by atoms with Crippen LogP contribution in [-0.4, -0.2) is 51.9 Å². The Labute approximate surface area is 149 Å². The molecule has 1 aliphatic rings. The lowest BCUT2D eigenvalue weighted by atomic mass is 10.3. The van der Waals surface area contributed by atoms with E-state index in [-0.39, 0.29) is 11.5 Å². The number of nitrogens with zero attached hydrogens (tertiary/aromatic N) is 5. The standard InChI is InChI=1S/C17H18F2N6O/c1-2-14(26)24-7-9-25(10-8-24)17-16(20-5-6-21-17)23-13-4-3-12(11-22-13)15(18)19/h2-6,11,15H,1,7-10H2,(H,20,22,23). The van der Waals surface area contributed by atoms with Gasteiger partial charge in [-0.3, -0.25) is 4.79 Å². The zero-order valence-electron chi connectivity index (χ0n) is 14.0. The number of hydrogen-bond donors (Lipinski definition) is 1. The summed E-state index contributed by atoms with van der Waals surface area (Å²) in [6.45, 7) is 5.82. The van der Waals surface area contributed by atoms with Gasteiger partial charge in [-0.15, -0.1) is 0 Å². The number of pyridine rings is 1. The molecule has 1 amide bonds. The van der Waals surface area contributed by atoms with E-state index in [1.807, 2.05) is 4.90 Å². The largest absolute Gasteiger partial charge is 0.350 e. The summed E-state index contributed by atoms with van der Waals surface area (Å²) in [5.41, 5.74) is -0.141. The maximum atomic E-state index is 12.6. The molecular weight excluding hydrogens is 342 g/mol. The molecule has 0 radical (unpaired) electrons. The molecular formula is C17H18F2N6O. The monoisotopic (exact) mass is 360 g/mol. The van der Waals surface area contributed by atoms with Crippen LogP contribution in [0, 0.1) is 0 Å². The number of amides is 1. The van der Waals surface area contributed by atoms with Gasteiger partial charge in [0.05, 0.1) is 0 Å². The lowest BCUT2D eigenvalue weighted by molar-refractivity contribution is -0.126. The highest BCUT2D eigenvalue weighted by molar-refractivity contribution is 5.87. The third-order valence-corrected chi connectivity index (χ3v) is 4.03. The predicted molar refractivity (Wildman–Crippen MR) is 93.5 cm³/mol. The van der Waals surface area contributed by atoms with Gasteiger partial charge in [0, 0.05) is 50.3 Å². The Balaban J connectivity index is 1.72. The highest BCUT2D eigenvalue weighted by Crippen LogP contribution is 2.25. The van der Waals surface area contributed by atoms with Crippen molar-refractivity contribution >= 4 is 23.4 Å². The molecule has 1 aliphatic heterocycles. The summed E-state index contributed by atoms with van der Waals surface area (Å²) in [5.74, 6) is 1.41. The molecule has 0 saturated carbocycles. The molecule has 1 saturated heterocycles. The van der Waals surface area contributed by atoms with Crippen molar-refractivity contribution in [2.24, 2.45) is 0 Å². The number of halogens is 2. The molecule has 0 atom stereocenters.